The van der Waals surface area contributed by atoms with Crippen LogP contribution in [0.15, 0.2) is 33.6 Å². The maximum Gasteiger partial charge on any atom is 0.439 e. The lowest BCUT2D eigenvalue weighted by Crippen LogP contribution is -2.29. The molecule has 2 amide bonds. The van der Waals surface area contributed by atoms with Gasteiger partial charge in [-0.25, -0.2) is 4.79 Å². The first-order chi connectivity index (χ1) is 11.6. The van der Waals surface area contributed by atoms with Gasteiger partial charge >= 0.3 is 5.76 Å². The van der Waals surface area contributed by atoms with E-state index in [2.05, 4.69) is 20.0 Å². The summed E-state index contributed by atoms with van der Waals surface area (Å²) in [6, 6.07) is 7.23. The highest BCUT2D eigenvalue weighted by Crippen LogP contribution is 2.33. The molecule has 1 saturated carbocycles. The zero-order valence-electron chi connectivity index (χ0n) is 12.8. The molecule has 1 atom stereocenters. The van der Waals surface area contributed by atoms with Gasteiger partial charge in [-0.05, 0) is 37.1 Å². The van der Waals surface area contributed by atoms with Crippen molar-refractivity contribution in [3.8, 4) is 11.4 Å². The third-order valence-corrected chi connectivity index (χ3v) is 4.38. The van der Waals surface area contributed by atoms with Crippen molar-refractivity contribution in [3.63, 3.8) is 0 Å². The van der Waals surface area contributed by atoms with E-state index in [1.165, 1.54) is 0 Å². The second-order valence-corrected chi connectivity index (χ2v) is 6.19. The van der Waals surface area contributed by atoms with E-state index in [4.69, 9.17) is 0 Å². The lowest BCUT2D eigenvalue weighted by molar-refractivity contribution is -0.128. The summed E-state index contributed by atoms with van der Waals surface area (Å²) in [4.78, 5) is 39.5. The number of amides is 2. The highest BCUT2D eigenvalue weighted by Gasteiger charge is 2.41. The van der Waals surface area contributed by atoms with Gasteiger partial charge in [-0.3, -0.25) is 19.1 Å². The lowest BCUT2D eigenvalue weighted by Gasteiger charge is -2.15. The Hall–Kier alpha value is -2.90. The molecule has 1 saturated heterocycles. The van der Waals surface area contributed by atoms with Crippen LogP contribution in [-0.2, 0) is 9.59 Å². The molecule has 0 unspecified atom stereocenters. The van der Waals surface area contributed by atoms with E-state index in [-0.39, 0.29) is 24.2 Å². The van der Waals surface area contributed by atoms with Crippen molar-refractivity contribution in [2.75, 3.05) is 11.9 Å². The quantitative estimate of drug-likeness (QED) is 0.869. The number of nitrogens with zero attached hydrogens (tertiary/aromatic N) is 2. The minimum atomic E-state index is -0.617. The number of benzene rings is 1. The number of likely N-dealkylation sites (tertiary alicyclic amines) is 1. The molecule has 4 rings (SSSR count). The maximum absolute atomic E-state index is 12.3. The molecule has 2 fully saturated rings. The van der Waals surface area contributed by atoms with Crippen LogP contribution in [0.25, 0.3) is 11.4 Å². The first kappa shape index (κ1) is 14.7. The molecule has 24 heavy (non-hydrogen) atoms. The van der Waals surface area contributed by atoms with Crippen LogP contribution >= 0.6 is 0 Å². The van der Waals surface area contributed by atoms with Crippen molar-refractivity contribution >= 4 is 17.5 Å². The molecule has 1 aliphatic heterocycles. The van der Waals surface area contributed by atoms with Crippen LogP contribution in [0.1, 0.15) is 19.3 Å². The summed E-state index contributed by atoms with van der Waals surface area (Å²) in [5.74, 6) is -0.658. The molecule has 2 N–H and O–H groups in total. The van der Waals surface area contributed by atoms with Crippen LogP contribution < -0.4 is 11.1 Å². The molecule has 2 aliphatic rings. The van der Waals surface area contributed by atoms with E-state index in [9.17, 15) is 14.4 Å². The minimum absolute atomic E-state index is 0.0722. The molecule has 1 aliphatic carbocycles. The molecule has 2 heterocycles. The van der Waals surface area contributed by atoms with Gasteiger partial charge in [0, 0.05) is 30.3 Å². The van der Waals surface area contributed by atoms with Crippen molar-refractivity contribution in [2.45, 2.75) is 25.3 Å². The summed E-state index contributed by atoms with van der Waals surface area (Å²) in [7, 11) is 0. The van der Waals surface area contributed by atoms with Crippen LogP contribution in [-0.4, -0.2) is 39.4 Å². The van der Waals surface area contributed by atoms with Gasteiger partial charge in [0.2, 0.25) is 11.8 Å². The zero-order chi connectivity index (χ0) is 16.7. The predicted molar refractivity (Wildman–Crippen MR) is 84.0 cm³/mol. The third kappa shape index (κ3) is 2.82. The zero-order valence-corrected chi connectivity index (χ0v) is 12.8. The van der Waals surface area contributed by atoms with Gasteiger partial charge in [0.15, 0.2) is 5.82 Å². The van der Waals surface area contributed by atoms with Crippen LogP contribution in [0.3, 0.4) is 0 Å². The molecule has 0 radical (unpaired) electrons. The average Bonchev–Trinajstić information content (AvgIpc) is 3.20. The number of anilines is 1. The van der Waals surface area contributed by atoms with Crippen LogP contribution in [0.4, 0.5) is 5.69 Å². The Balaban J connectivity index is 1.41. The first-order valence-electron chi connectivity index (χ1n) is 7.87. The van der Waals surface area contributed by atoms with Crippen LogP contribution in [0.2, 0.25) is 0 Å². The summed E-state index contributed by atoms with van der Waals surface area (Å²) in [5, 5.41) is 6.44. The van der Waals surface area contributed by atoms with Gasteiger partial charge in [-0.1, -0.05) is 5.16 Å². The summed E-state index contributed by atoms with van der Waals surface area (Å²) in [6.45, 7) is 0.508. The fourth-order valence-corrected chi connectivity index (χ4v) is 2.96. The monoisotopic (exact) mass is 328 g/mol. The fourth-order valence-electron chi connectivity index (χ4n) is 2.96. The van der Waals surface area contributed by atoms with Gasteiger partial charge in [0.05, 0.1) is 5.92 Å². The summed E-state index contributed by atoms with van der Waals surface area (Å²) >= 11 is 0. The molecule has 8 nitrogen and oxygen atoms in total. The van der Waals surface area contributed by atoms with Gasteiger partial charge < -0.3 is 10.2 Å². The molecular weight excluding hydrogens is 312 g/mol. The largest absolute Gasteiger partial charge is 0.439 e. The number of aromatic nitrogens is 2. The van der Waals surface area contributed by atoms with E-state index in [0.717, 1.165) is 12.8 Å². The average molecular weight is 328 g/mol. The topological polar surface area (TPSA) is 108 Å². The molecular formula is C16H16N4O4. The van der Waals surface area contributed by atoms with Gasteiger partial charge in [-0.15, -0.1) is 0 Å². The van der Waals surface area contributed by atoms with E-state index in [1.807, 2.05) is 4.90 Å². The van der Waals surface area contributed by atoms with Crippen LogP contribution in [0, 0.1) is 5.92 Å². The third-order valence-electron chi connectivity index (χ3n) is 4.38. The van der Waals surface area contributed by atoms with E-state index in [1.54, 1.807) is 24.3 Å². The Labute approximate surface area is 136 Å². The second-order valence-electron chi connectivity index (χ2n) is 6.19. The SMILES string of the molecule is O=C(Nc1ccc(-c2noc(=O)[nH]2)cc1)[C@H]1CC(=O)N(C2CC2)C1. The number of carbonyl (C=O) groups is 2. The van der Waals surface area contributed by atoms with Crippen molar-refractivity contribution < 1.29 is 14.1 Å². The number of rotatable bonds is 4. The number of hydrogen-bond donors (Lipinski definition) is 2. The summed E-state index contributed by atoms with van der Waals surface area (Å²) in [5.41, 5.74) is 1.31. The number of nitrogens with one attached hydrogen (secondary N) is 2. The number of carbonyl (C=O) groups excluding carboxylic acids is 2. The molecule has 2 aromatic rings. The standard InChI is InChI=1S/C16H16N4O4/c21-13-7-10(8-20(13)12-5-6-12)15(22)17-11-3-1-9(2-4-11)14-18-16(23)24-19-14/h1-4,10,12H,5-8H2,(H,17,22)(H,18,19,23)/t10-/m0/s1. The minimum Gasteiger partial charge on any atom is -0.339 e. The van der Waals surface area contributed by atoms with E-state index >= 15 is 0 Å². The Morgan fingerprint density at radius 3 is 2.62 bits per heavy atom. The molecule has 124 valence electrons. The smallest absolute Gasteiger partial charge is 0.339 e. The summed E-state index contributed by atoms with van der Waals surface area (Å²) < 4.78 is 4.46. The molecule has 8 heteroatoms. The van der Waals surface area contributed by atoms with Crippen LogP contribution in [0.5, 0.6) is 0 Å². The lowest BCUT2D eigenvalue weighted by atomic mass is 10.1. The highest BCUT2D eigenvalue weighted by atomic mass is 16.5. The van der Waals surface area contributed by atoms with Gasteiger partial charge in [0.1, 0.15) is 0 Å². The first-order valence-corrected chi connectivity index (χ1v) is 7.87. The Morgan fingerprint density at radius 2 is 2.00 bits per heavy atom. The van der Waals surface area contributed by atoms with Crippen molar-refractivity contribution in [1.29, 1.82) is 0 Å². The molecule has 1 aromatic carbocycles. The number of H-pyrrole nitrogens is 1. The highest BCUT2D eigenvalue weighted by molar-refractivity contribution is 5.97. The molecule has 1 aromatic heterocycles. The molecule has 0 bridgehead atoms. The molecule has 0 spiro atoms. The van der Waals surface area contributed by atoms with E-state index < -0.39 is 5.76 Å². The normalized spacial score (nSPS) is 20.4. The predicted octanol–water partition coefficient (Wildman–Crippen LogP) is 0.979. The Kier molecular flexibility index (Phi) is 3.44. The van der Waals surface area contributed by atoms with Crippen molar-refractivity contribution in [2.24, 2.45) is 5.92 Å². The number of aromatic amines is 1. The number of hydrogen-bond acceptors (Lipinski definition) is 5. The van der Waals surface area contributed by atoms with Gasteiger partial charge in [-0.2, -0.15) is 0 Å². The second kappa shape index (κ2) is 5.63. The Morgan fingerprint density at radius 1 is 1.25 bits per heavy atom. The van der Waals surface area contributed by atoms with Crippen molar-refractivity contribution in [3.05, 3.63) is 34.8 Å². The maximum atomic E-state index is 12.3. The van der Waals surface area contributed by atoms with Gasteiger partial charge in [0.25, 0.3) is 0 Å². The van der Waals surface area contributed by atoms with E-state index in [0.29, 0.717) is 29.7 Å². The summed E-state index contributed by atoms with van der Waals surface area (Å²) in [6.07, 6.45) is 2.37. The fraction of sp³-hybridized carbons (Fsp3) is 0.375. The Bertz CT molecular complexity index is 834. The van der Waals surface area contributed by atoms with Crippen molar-refractivity contribution in [1.82, 2.24) is 15.0 Å².